The van der Waals surface area contributed by atoms with Gasteiger partial charge in [0.2, 0.25) is 0 Å². The third-order valence-electron chi connectivity index (χ3n) is 3.27. The molecule has 1 fully saturated rings. The van der Waals surface area contributed by atoms with E-state index in [0.29, 0.717) is 0 Å². The molecule has 1 nitrogen and oxygen atoms in total. The first-order chi connectivity index (χ1) is 6.81. The van der Waals surface area contributed by atoms with Crippen molar-refractivity contribution in [1.82, 2.24) is 0 Å². The topological polar surface area (TPSA) is 9.23 Å². The quantitative estimate of drug-likeness (QED) is 0.648. The number of ether oxygens (including phenoxy) is 1. The molecule has 1 heterocycles. The normalized spacial score (nSPS) is 16.0. The van der Waals surface area contributed by atoms with Gasteiger partial charge in [0, 0.05) is 0 Å². The van der Waals surface area contributed by atoms with Crippen LogP contribution < -0.4 is 10.2 Å². The highest BCUT2D eigenvalue weighted by molar-refractivity contribution is 6.74. The van der Waals surface area contributed by atoms with E-state index in [1.807, 2.05) is 0 Å². The van der Waals surface area contributed by atoms with Crippen molar-refractivity contribution in [2.24, 2.45) is 0 Å². The monoisotopic (exact) mass is 188 g/mol. The zero-order valence-corrected chi connectivity index (χ0v) is 9.05. The van der Waals surface area contributed by atoms with Crippen LogP contribution >= 0.6 is 0 Å². The van der Waals surface area contributed by atoms with Gasteiger partial charge in [0.15, 0.2) is 6.71 Å². The van der Waals surface area contributed by atoms with Gasteiger partial charge in [-0.1, -0.05) is 42.6 Å². The van der Waals surface area contributed by atoms with E-state index in [0.717, 1.165) is 12.5 Å². The number of hydrogen-bond acceptors (Lipinski definition) is 1. The second-order valence-electron chi connectivity index (χ2n) is 4.20. The predicted octanol–water partition coefficient (Wildman–Crippen LogP) is 2.50. The Morgan fingerprint density at radius 1 is 1.21 bits per heavy atom. The van der Waals surface area contributed by atoms with Crippen LogP contribution in [0.3, 0.4) is 0 Å². The number of hydrogen-bond donors (Lipinski definition) is 0. The van der Waals surface area contributed by atoms with Crippen LogP contribution in [0.5, 0.6) is 5.75 Å². The Bertz CT molecular complexity index is 316. The van der Waals surface area contributed by atoms with Crippen LogP contribution in [0.15, 0.2) is 18.2 Å². The van der Waals surface area contributed by atoms with Crippen LogP contribution in [0.25, 0.3) is 0 Å². The first-order valence-corrected chi connectivity index (χ1v) is 5.46. The molecular formula is C12H17BO. The summed E-state index contributed by atoms with van der Waals surface area (Å²) in [6, 6.07) is 6.47. The van der Waals surface area contributed by atoms with Crippen LogP contribution in [0.2, 0.25) is 12.6 Å². The predicted molar refractivity (Wildman–Crippen MR) is 62.0 cm³/mol. The first kappa shape index (κ1) is 9.63. The van der Waals surface area contributed by atoms with Crippen LogP contribution in [0, 0.1) is 6.92 Å². The summed E-state index contributed by atoms with van der Waals surface area (Å²) >= 11 is 0. The van der Waals surface area contributed by atoms with Gasteiger partial charge in [-0.3, -0.25) is 0 Å². The van der Waals surface area contributed by atoms with Gasteiger partial charge in [-0.05, 0) is 19.1 Å². The van der Waals surface area contributed by atoms with Crippen molar-refractivity contribution >= 4 is 12.2 Å². The average Bonchev–Trinajstić information content (AvgIpc) is 2.70. The molecule has 0 atom stereocenters. The Morgan fingerprint density at radius 3 is 2.50 bits per heavy atom. The molecule has 0 unspecified atom stereocenters. The van der Waals surface area contributed by atoms with E-state index in [4.69, 9.17) is 4.74 Å². The maximum absolute atomic E-state index is 5.21. The highest BCUT2D eigenvalue weighted by Crippen LogP contribution is 2.21. The zero-order chi connectivity index (χ0) is 9.97. The molecule has 0 aromatic heterocycles. The molecule has 0 spiro atoms. The molecule has 2 rings (SSSR count). The lowest BCUT2D eigenvalue weighted by molar-refractivity contribution is 0.414. The molecule has 74 valence electrons. The molecule has 1 aliphatic heterocycles. The van der Waals surface area contributed by atoms with Crippen molar-refractivity contribution in [3.05, 3.63) is 23.8 Å². The molecular weight excluding hydrogens is 171 g/mol. The Labute approximate surface area is 86.6 Å². The van der Waals surface area contributed by atoms with Crippen molar-refractivity contribution in [1.29, 1.82) is 0 Å². The number of aryl methyl sites for hydroxylation is 1. The summed E-state index contributed by atoms with van der Waals surface area (Å²) < 4.78 is 5.21. The van der Waals surface area contributed by atoms with Crippen LogP contribution in [-0.4, -0.2) is 13.8 Å². The highest BCUT2D eigenvalue weighted by atomic mass is 16.5. The van der Waals surface area contributed by atoms with E-state index < -0.39 is 0 Å². The molecule has 1 aliphatic rings. The van der Waals surface area contributed by atoms with Gasteiger partial charge in [0.05, 0.1) is 7.11 Å². The smallest absolute Gasteiger partial charge is 0.176 e. The van der Waals surface area contributed by atoms with E-state index in [1.165, 1.54) is 36.5 Å². The van der Waals surface area contributed by atoms with Crippen molar-refractivity contribution in [3.8, 4) is 5.75 Å². The van der Waals surface area contributed by atoms with E-state index in [-0.39, 0.29) is 0 Å². The van der Waals surface area contributed by atoms with Crippen molar-refractivity contribution in [2.45, 2.75) is 32.4 Å². The van der Waals surface area contributed by atoms with Gasteiger partial charge in [-0.15, -0.1) is 0 Å². The molecule has 1 aromatic carbocycles. The van der Waals surface area contributed by atoms with Gasteiger partial charge in [0.25, 0.3) is 0 Å². The minimum Gasteiger partial charge on any atom is -0.497 e. The summed E-state index contributed by atoms with van der Waals surface area (Å²) in [4.78, 5) is 0. The minimum atomic E-state index is 0.806. The van der Waals surface area contributed by atoms with Gasteiger partial charge in [-0.2, -0.15) is 0 Å². The number of rotatable bonds is 2. The third kappa shape index (κ3) is 1.79. The fourth-order valence-electron chi connectivity index (χ4n) is 2.47. The minimum absolute atomic E-state index is 0.806. The third-order valence-corrected chi connectivity index (χ3v) is 3.27. The highest BCUT2D eigenvalue weighted by Gasteiger charge is 2.22. The number of benzene rings is 1. The number of methoxy groups -OCH3 is 1. The van der Waals surface area contributed by atoms with Crippen molar-refractivity contribution in [2.75, 3.05) is 7.11 Å². The van der Waals surface area contributed by atoms with Crippen LogP contribution in [0.1, 0.15) is 18.4 Å². The molecule has 1 saturated heterocycles. The van der Waals surface area contributed by atoms with E-state index in [9.17, 15) is 0 Å². The zero-order valence-electron chi connectivity index (χ0n) is 9.05. The molecule has 0 radical (unpaired) electrons. The molecule has 0 N–H and O–H groups in total. The lowest BCUT2D eigenvalue weighted by Gasteiger charge is -2.11. The van der Waals surface area contributed by atoms with Gasteiger partial charge in [-0.25, -0.2) is 0 Å². The second-order valence-corrected chi connectivity index (χ2v) is 4.20. The van der Waals surface area contributed by atoms with E-state index in [2.05, 4.69) is 25.1 Å². The summed E-state index contributed by atoms with van der Waals surface area (Å²) in [7, 11) is 1.73. The maximum Gasteiger partial charge on any atom is 0.176 e. The maximum atomic E-state index is 5.21. The van der Waals surface area contributed by atoms with Gasteiger partial charge < -0.3 is 4.74 Å². The lowest BCUT2D eigenvalue weighted by atomic mass is 9.43. The Kier molecular flexibility index (Phi) is 2.81. The SMILES string of the molecule is COc1ccc(B2CCCC2)c(C)c1. The van der Waals surface area contributed by atoms with E-state index in [1.54, 1.807) is 7.11 Å². The Morgan fingerprint density at radius 2 is 1.93 bits per heavy atom. The Hall–Kier alpha value is -0.915. The molecule has 0 aliphatic carbocycles. The second kappa shape index (κ2) is 4.08. The van der Waals surface area contributed by atoms with Crippen LogP contribution in [0.4, 0.5) is 0 Å². The van der Waals surface area contributed by atoms with E-state index >= 15 is 0 Å². The lowest BCUT2D eigenvalue weighted by Crippen LogP contribution is -2.28. The molecule has 2 heteroatoms. The van der Waals surface area contributed by atoms with Gasteiger partial charge >= 0.3 is 0 Å². The largest absolute Gasteiger partial charge is 0.497 e. The Balaban J connectivity index is 2.25. The van der Waals surface area contributed by atoms with Crippen molar-refractivity contribution in [3.63, 3.8) is 0 Å². The molecule has 0 bridgehead atoms. The standard InChI is InChI=1S/C12H17BO/c1-10-9-11(14-2)5-6-12(10)13-7-3-4-8-13/h5-6,9H,3-4,7-8H2,1-2H3. The molecule has 1 aromatic rings. The fourth-order valence-corrected chi connectivity index (χ4v) is 2.47. The first-order valence-electron chi connectivity index (χ1n) is 5.46. The van der Waals surface area contributed by atoms with Crippen LogP contribution in [-0.2, 0) is 0 Å². The molecule has 0 amide bonds. The van der Waals surface area contributed by atoms with Crippen molar-refractivity contribution < 1.29 is 4.74 Å². The fraction of sp³-hybridized carbons (Fsp3) is 0.500. The summed E-state index contributed by atoms with van der Waals surface area (Å²) in [6.45, 7) is 3.00. The van der Waals surface area contributed by atoms with Gasteiger partial charge in [0.1, 0.15) is 5.75 Å². The summed E-state index contributed by atoms with van der Waals surface area (Å²) in [5.74, 6) is 0.976. The molecule has 0 saturated carbocycles. The summed E-state index contributed by atoms with van der Waals surface area (Å²) in [5.41, 5.74) is 2.92. The molecule has 14 heavy (non-hydrogen) atoms. The summed E-state index contributed by atoms with van der Waals surface area (Å²) in [6.07, 6.45) is 5.53. The average molecular weight is 188 g/mol. The summed E-state index contributed by atoms with van der Waals surface area (Å²) in [5, 5.41) is 0.